The second-order valence-corrected chi connectivity index (χ2v) is 9.36. The van der Waals surface area contributed by atoms with Crippen LogP contribution in [0, 0.1) is 23.3 Å². The molecule has 0 bridgehead atoms. The summed E-state index contributed by atoms with van der Waals surface area (Å²) in [6.45, 7) is 0. The normalized spacial score (nSPS) is 10.5. The highest BCUT2D eigenvalue weighted by Crippen LogP contribution is 2.39. The Balaban J connectivity index is 1.23. The zero-order valence-electron chi connectivity index (χ0n) is 23.3. The third kappa shape index (κ3) is 7.19. The number of rotatable bonds is 8. The van der Waals surface area contributed by atoms with Crippen molar-refractivity contribution in [2.75, 3.05) is 21.3 Å². The molecule has 5 aromatic carbocycles. The van der Waals surface area contributed by atoms with Crippen LogP contribution in [0.15, 0.2) is 97.1 Å². The summed E-state index contributed by atoms with van der Waals surface area (Å²) in [6, 6.07) is 20.6. The molecule has 46 heavy (non-hydrogen) atoms. The minimum absolute atomic E-state index is 0.153. The number of aromatic hydroxyl groups is 2. The average molecular weight is 635 g/mol. The van der Waals surface area contributed by atoms with Gasteiger partial charge in [0.1, 0.15) is 23.0 Å². The summed E-state index contributed by atoms with van der Waals surface area (Å²) in [6.07, 6.45) is 0. The molecule has 5 aromatic rings. The molecule has 10 nitrogen and oxygen atoms in total. The van der Waals surface area contributed by atoms with Crippen molar-refractivity contribution < 1.29 is 46.8 Å². The Kier molecular flexibility index (Phi) is 9.07. The summed E-state index contributed by atoms with van der Waals surface area (Å²) >= 11 is 0. The van der Waals surface area contributed by atoms with E-state index in [4.69, 9.17) is 9.47 Å². The van der Waals surface area contributed by atoms with Crippen molar-refractivity contribution in [1.82, 2.24) is 0 Å². The molecule has 0 fully saturated rings. The number of hydrogen-bond acceptors (Lipinski definition) is 6. The topological polar surface area (TPSA) is 141 Å². The molecular formula is C32H22F4N4O6. The van der Waals surface area contributed by atoms with Crippen molar-refractivity contribution in [2.24, 2.45) is 0 Å². The van der Waals surface area contributed by atoms with Gasteiger partial charge in [-0.05, 0) is 72.8 Å². The second kappa shape index (κ2) is 13.5. The van der Waals surface area contributed by atoms with Crippen LogP contribution in [0.25, 0.3) is 0 Å². The molecule has 0 saturated carbocycles. The Labute approximate surface area is 257 Å². The number of amides is 4. The van der Waals surface area contributed by atoms with Crippen molar-refractivity contribution in [2.45, 2.75) is 0 Å². The Morgan fingerprint density at radius 3 is 1.13 bits per heavy atom. The van der Waals surface area contributed by atoms with Gasteiger partial charge in [0.05, 0.1) is 11.4 Å². The van der Waals surface area contributed by atoms with E-state index in [1.807, 2.05) is 0 Å². The Morgan fingerprint density at radius 2 is 0.804 bits per heavy atom. The SMILES string of the molecule is O=C(Nc1ccc(Oc2c(F)c(F)c(Oc3ccc(NC(=O)Nc4ccccc4O)cc3)c(F)c2F)cc1)Nc1ccccc1O. The summed E-state index contributed by atoms with van der Waals surface area (Å²) in [7, 11) is 0. The van der Waals surface area contributed by atoms with E-state index in [9.17, 15) is 37.4 Å². The Bertz CT molecular complexity index is 1740. The lowest BCUT2D eigenvalue weighted by atomic mass is 10.2. The van der Waals surface area contributed by atoms with Crippen molar-refractivity contribution in [1.29, 1.82) is 0 Å². The van der Waals surface area contributed by atoms with Gasteiger partial charge in [0.2, 0.25) is 34.8 Å². The van der Waals surface area contributed by atoms with Gasteiger partial charge >= 0.3 is 12.1 Å². The first kappa shape index (κ1) is 31.0. The molecule has 0 aliphatic heterocycles. The van der Waals surface area contributed by atoms with E-state index in [0.717, 1.165) is 0 Å². The van der Waals surface area contributed by atoms with Gasteiger partial charge < -0.3 is 41.0 Å². The lowest BCUT2D eigenvalue weighted by molar-refractivity contribution is 0.261. The van der Waals surface area contributed by atoms with Crippen molar-refractivity contribution >= 4 is 34.8 Å². The molecule has 0 aliphatic carbocycles. The van der Waals surface area contributed by atoms with E-state index in [-0.39, 0.29) is 45.7 Å². The van der Waals surface area contributed by atoms with Gasteiger partial charge in [-0.3, -0.25) is 0 Å². The minimum atomic E-state index is -1.86. The zero-order chi connectivity index (χ0) is 32.8. The molecule has 234 valence electrons. The van der Waals surface area contributed by atoms with Crippen LogP contribution in [-0.2, 0) is 0 Å². The maximum atomic E-state index is 14.9. The summed E-state index contributed by atoms with van der Waals surface area (Å²) in [5.41, 5.74) is 0.754. The number of phenolic OH excluding ortho intramolecular Hbond substituents is 2. The Morgan fingerprint density at radius 1 is 0.478 bits per heavy atom. The monoisotopic (exact) mass is 634 g/mol. The largest absolute Gasteiger partial charge is 0.506 e. The maximum Gasteiger partial charge on any atom is 0.323 e. The lowest BCUT2D eigenvalue weighted by Crippen LogP contribution is -2.19. The van der Waals surface area contributed by atoms with Crippen molar-refractivity contribution in [3.8, 4) is 34.5 Å². The fourth-order valence-corrected chi connectivity index (χ4v) is 3.95. The molecule has 0 unspecified atom stereocenters. The summed E-state index contributed by atoms with van der Waals surface area (Å²) in [5, 5.41) is 29.3. The number of hydrogen-bond donors (Lipinski definition) is 6. The van der Waals surface area contributed by atoms with Gasteiger partial charge in [0, 0.05) is 11.4 Å². The highest BCUT2D eigenvalue weighted by atomic mass is 19.2. The van der Waals surface area contributed by atoms with Crippen LogP contribution < -0.4 is 30.7 Å². The average Bonchev–Trinajstić information content (AvgIpc) is 3.04. The number of ether oxygens (including phenoxy) is 2. The quantitative estimate of drug-likeness (QED) is 0.0574. The van der Waals surface area contributed by atoms with Crippen LogP contribution in [0.5, 0.6) is 34.5 Å². The predicted octanol–water partition coefficient (Wildman–Crippen LogP) is 8.53. The first-order chi connectivity index (χ1) is 22.1. The van der Waals surface area contributed by atoms with Crippen LogP contribution in [0.2, 0.25) is 0 Å². The van der Waals surface area contributed by atoms with Crippen LogP contribution in [-0.4, -0.2) is 22.3 Å². The molecule has 4 amide bonds. The molecule has 0 spiro atoms. The molecule has 0 atom stereocenters. The van der Waals surface area contributed by atoms with E-state index < -0.39 is 46.8 Å². The number of para-hydroxylation sites is 4. The standard InChI is InChI=1S/C32H22F4N4O6/c33-25-27(35)30(46-20-15-11-18(12-16-20)38-32(44)40-22-6-2-4-8-24(22)42)28(36)26(34)29(25)45-19-13-9-17(10-14-19)37-31(43)39-21-5-1-3-7-23(21)41/h1-16,41-42H,(H2,37,39,43)(H2,38,40,44). The van der Waals surface area contributed by atoms with E-state index in [1.165, 1.54) is 72.8 Å². The third-order valence-corrected chi connectivity index (χ3v) is 6.15. The van der Waals surface area contributed by atoms with Gasteiger partial charge in [-0.15, -0.1) is 0 Å². The minimum Gasteiger partial charge on any atom is -0.506 e. The maximum absolute atomic E-state index is 14.9. The van der Waals surface area contributed by atoms with E-state index >= 15 is 0 Å². The van der Waals surface area contributed by atoms with E-state index in [0.29, 0.717) is 0 Å². The van der Waals surface area contributed by atoms with Crippen LogP contribution in [0.4, 0.5) is 49.9 Å². The molecule has 0 saturated heterocycles. The molecule has 14 heteroatoms. The fraction of sp³-hybridized carbons (Fsp3) is 0. The van der Waals surface area contributed by atoms with Gasteiger partial charge in [-0.25, -0.2) is 9.59 Å². The molecule has 0 aliphatic rings. The highest BCUT2D eigenvalue weighted by molar-refractivity contribution is 6.01. The summed E-state index contributed by atoms with van der Waals surface area (Å²) in [5.74, 6) is -10.9. The number of carbonyl (C=O) groups excluding carboxylic acids is 2. The molecule has 6 N–H and O–H groups in total. The van der Waals surface area contributed by atoms with Crippen molar-refractivity contribution in [3.05, 3.63) is 120 Å². The first-order valence-electron chi connectivity index (χ1n) is 13.2. The number of carbonyl (C=O) groups is 2. The number of anilines is 4. The van der Waals surface area contributed by atoms with Crippen molar-refractivity contribution in [3.63, 3.8) is 0 Å². The third-order valence-electron chi connectivity index (χ3n) is 6.15. The molecule has 0 radical (unpaired) electrons. The second-order valence-electron chi connectivity index (χ2n) is 9.36. The van der Waals surface area contributed by atoms with Gasteiger partial charge in [-0.1, -0.05) is 24.3 Å². The summed E-state index contributed by atoms with van der Waals surface area (Å²) in [4.78, 5) is 24.4. The smallest absolute Gasteiger partial charge is 0.323 e. The van der Waals surface area contributed by atoms with E-state index in [2.05, 4.69) is 21.3 Å². The number of halogens is 4. The molecule has 0 heterocycles. The van der Waals surface area contributed by atoms with Crippen LogP contribution >= 0.6 is 0 Å². The van der Waals surface area contributed by atoms with Gasteiger partial charge in [0.25, 0.3) is 0 Å². The zero-order valence-corrected chi connectivity index (χ0v) is 23.3. The van der Waals surface area contributed by atoms with Crippen LogP contribution in [0.3, 0.4) is 0 Å². The number of nitrogens with one attached hydrogen (secondary N) is 4. The van der Waals surface area contributed by atoms with Gasteiger partial charge in [-0.2, -0.15) is 17.6 Å². The lowest BCUT2D eigenvalue weighted by Gasteiger charge is -2.14. The Hall–Kier alpha value is -6.44. The summed E-state index contributed by atoms with van der Waals surface area (Å²) < 4.78 is 69.6. The fourth-order valence-electron chi connectivity index (χ4n) is 3.95. The number of benzene rings is 5. The number of urea groups is 2. The van der Waals surface area contributed by atoms with E-state index in [1.54, 1.807) is 24.3 Å². The molecular weight excluding hydrogens is 612 g/mol. The van der Waals surface area contributed by atoms with Crippen LogP contribution in [0.1, 0.15) is 0 Å². The highest BCUT2D eigenvalue weighted by Gasteiger charge is 2.29. The van der Waals surface area contributed by atoms with Gasteiger partial charge in [0.15, 0.2) is 0 Å². The molecule has 0 aromatic heterocycles. The molecule has 5 rings (SSSR count). The number of phenols is 2. The first-order valence-corrected chi connectivity index (χ1v) is 13.2. The predicted molar refractivity (Wildman–Crippen MR) is 161 cm³/mol.